The zero-order chi connectivity index (χ0) is 16.1. The van der Waals surface area contributed by atoms with Crippen molar-refractivity contribution in [3.63, 3.8) is 0 Å². The van der Waals surface area contributed by atoms with E-state index < -0.39 is 0 Å². The molecule has 2 aromatic rings. The Morgan fingerprint density at radius 2 is 2.04 bits per heavy atom. The van der Waals surface area contributed by atoms with Gasteiger partial charge in [0.2, 0.25) is 0 Å². The summed E-state index contributed by atoms with van der Waals surface area (Å²) >= 11 is 0. The minimum absolute atomic E-state index is 0.150. The van der Waals surface area contributed by atoms with E-state index in [1.54, 1.807) is 0 Å². The second-order valence-electron chi connectivity index (χ2n) is 5.86. The van der Waals surface area contributed by atoms with Gasteiger partial charge in [0, 0.05) is 43.8 Å². The van der Waals surface area contributed by atoms with E-state index in [9.17, 15) is 4.79 Å². The second-order valence-corrected chi connectivity index (χ2v) is 5.86. The smallest absolute Gasteiger partial charge is 0.319 e. The maximum Gasteiger partial charge on any atom is 0.319 e. The number of carbonyl (C=O) groups is 1. The quantitative estimate of drug-likeness (QED) is 0.830. The lowest BCUT2D eigenvalue weighted by atomic mass is 10.2. The monoisotopic (exact) mass is 316 g/mol. The molecular formula is C17H24N4O2. The van der Waals surface area contributed by atoms with E-state index in [1.165, 1.54) is 0 Å². The first-order valence-electron chi connectivity index (χ1n) is 8.13. The number of ether oxygens (including phenoxy) is 1. The van der Waals surface area contributed by atoms with Gasteiger partial charge in [-0.15, -0.1) is 0 Å². The molecule has 0 saturated carbocycles. The van der Waals surface area contributed by atoms with Crippen LogP contribution in [-0.4, -0.2) is 54.9 Å². The van der Waals surface area contributed by atoms with E-state index in [0.717, 1.165) is 55.9 Å². The number of morpholine rings is 1. The number of aromatic nitrogens is 1. The Kier molecular flexibility index (Phi) is 5.15. The summed E-state index contributed by atoms with van der Waals surface area (Å²) in [6, 6.07) is 7.89. The van der Waals surface area contributed by atoms with Gasteiger partial charge >= 0.3 is 6.03 Å². The summed E-state index contributed by atoms with van der Waals surface area (Å²) in [4.78, 5) is 14.4. The molecule has 6 nitrogen and oxygen atoms in total. The van der Waals surface area contributed by atoms with Gasteiger partial charge < -0.3 is 19.9 Å². The molecule has 124 valence electrons. The lowest BCUT2D eigenvalue weighted by molar-refractivity contribution is 0.0375. The van der Waals surface area contributed by atoms with E-state index in [-0.39, 0.29) is 6.03 Å². The first kappa shape index (κ1) is 15.8. The summed E-state index contributed by atoms with van der Waals surface area (Å²) in [5.41, 5.74) is 1.95. The Morgan fingerprint density at radius 3 is 2.87 bits per heavy atom. The Morgan fingerprint density at radius 1 is 1.26 bits per heavy atom. The normalized spacial score (nSPS) is 15.7. The molecule has 0 radical (unpaired) electrons. The fraction of sp³-hybridized carbons (Fsp3) is 0.471. The summed E-state index contributed by atoms with van der Waals surface area (Å²) in [5.74, 6) is 0. The molecule has 0 atom stereocenters. The molecule has 0 unspecified atom stereocenters. The van der Waals surface area contributed by atoms with Crippen molar-refractivity contribution < 1.29 is 9.53 Å². The molecule has 1 aromatic heterocycles. The van der Waals surface area contributed by atoms with E-state index in [4.69, 9.17) is 4.74 Å². The molecule has 23 heavy (non-hydrogen) atoms. The third-order valence-corrected chi connectivity index (χ3v) is 4.19. The van der Waals surface area contributed by atoms with Crippen LogP contribution in [0.15, 0.2) is 30.5 Å². The number of urea groups is 1. The van der Waals surface area contributed by atoms with Gasteiger partial charge in [0.1, 0.15) is 0 Å². The number of para-hydroxylation sites is 1. The Bertz CT molecular complexity index is 662. The van der Waals surface area contributed by atoms with Crippen molar-refractivity contribution in [1.82, 2.24) is 14.8 Å². The highest BCUT2D eigenvalue weighted by Gasteiger charge is 2.11. The molecule has 6 heteroatoms. The summed E-state index contributed by atoms with van der Waals surface area (Å²) in [7, 11) is 1.98. The Labute approximate surface area is 136 Å². The predicted octanol–water partition coefficient (Wildman–Crippen LogP) is 2.02. The minimum Gasteiger partial charge on any atom is -0.379 e. The summed E-state index contributed by atoms with van der Waals surface area (Å²) in [6.07, 6.45) is 2.89. The molecular weight excluding hydrogens is 292 g/mol. The summed E-state index contributed by atoms with van der Waals surface area (Å²) < 4.78 is 7.34. The highest BCUT2D eigenvalue weighted by atomic mass is 16.5. The molecule has 0 aliphatic carbocycles. The zero-order valence-corrected chi connectivity index (χ0v) is 13.5. The topological polar surface area (TPSA) is 58.5 Å². The van der Waals surface area contributed by atoms with Crippen molar-refractivity contribution in [1.29, 1.82) is 0 Å². The molecule has 1 aromatic carbocycles. The van der Waals surface area contributed by atoms with E-state index in [0.29, 0.717) is 6.54 Å². The van der Waals surface area contributed by atoms with Crippen LogP contribution in [0.25, 0.3) is 10.9 Å². The van der Waals surface area contributed by atoms with Crippen LogP contribution in [-0.2, 0) is 11.8 Å². The number of aryl methyl sites for hydroxylation is 1. The van der Waals surface area contributed by atoms with Crippen LogP contribution in [0.4, 0.5) is 10.5 Å². The van der Waals surface area contributed by atoms with Crippen LogP contribution < -0.4 is 10.6 Å². The number of nitrogens with one attached hydrogen (secondary N) is 2. The van der Waals surface area contributed by atoms with Crippen molar-refractivity contribution in [2.75, 3.05) is 44.7 Å². The van der Waals surface area contributed by atoms with Crippen LogP contribution in [0.2, 0.25) is 0 Å². The SMILES string of the molecule is Cn1cc(NC(=O)NCCCN2CCOCC2)c2ccccc21. The largest absolute Gasteiger partial charge is 0.379 e. The van der Waals surface area contributed by atoms with E-state index in [2.05, 4.69) is 15.5 Å². The average molecular weight is 316 g/mol. The molecule has 2 amide bonds. The second kappa shape index (κ2) is 7.48. The molecule has 3 rings (SSSR count). The highest BCUT2D eigenvalue weighted by molar-refractivity contribution is 6.01. The molecule has 0 spiro atoms. The van der Waals surface area contributed by atoms with Gasteiger partial charge in [0.05, 0.1) is 18.9 Å². The number of anilines is 1. The molecule has 0 bridgehead atoms. The number of hydrogen-bond donors (Lipinski definition) is 2. The number of fused-ring (bicyclic) bond motifs is 1. The van der Waals surface area contributed by atoms with Gasteiger partial charge in [0.25, 0.3) is 0 Å². The van der Waals surface area contributed by atoms with Crippen molar-refractivity contribution in [2.24, 2.45) is 7.05 Å². The average Bonchev–Trinajstić information content (AvgIpc) is 2.89. The number of benzene rings is 1. The third kappa shape index (κ3) is 4.03. The molecule has 1 fully saturated rings. The van der Waals surface area contributed by atoms with Crippen molar-refractivity contribution in [3.05, 3.63) is 30.5 Å². The van der Waals surface area contributed by atoms with Gasteiger partial charge in [-0.2, -0.15) is 0 Å². The molecule has 2 N–H and O–H groups in total. The number of amides is 2. The maximum atomic E-state index is 12.1. The van der Waals surface area contributed by atoms with Crippen LogP contribution in [0.5, 0.6) is 0 Å². The van der Waals surface area contributed by atoms with Crippen molar-refractivity contribution >= 4 is 22.6 Å². The van der Waals surface area contributed by atoms with Gasteiger partial charge in [0.15, 0.2) is 0 Å². The van der Waals surface area contributed by atoms with Crippen LogP contribution in [0.1, 0.15) is 6.42 Å². The highest BCUT2D eigenvalue weighted by Crippen LogP contribution is 2.24. The fourth-order valence-electron chi connectivity index (χ4n) is 2.94. The first-order chi connectivity index (χ1) is 11.2. The maximum absolute atomic E-state index is 12.1. The number of hydrogen-bond acceptors (Lipinski definition) is 3. The van der Waals surface area contributed by atoms with Crippen LogP contribution in [0.3, 0.4) is 0 Å². The predicted molar refractivity (Wildman–Crippen MR) is 91.8 cm³/mol. The standard InChI is InChI=1S/C17H24N4O2/c1-20-13-15(14-5-2-3-6-16(14)20)19-17(22)18-7-4-8-21-9-11-23-12-10-21/h2-3,5-6,13H,4,7-12H2,1H3,(H2,18,19,22). The minimum atomic E-state index is -0.150. The van der Waals surface area contributed by atoms with E-state index >= 15 is 0 Å². The summed E-state index contributed by atoms with van der Waals surface area (Å²) in [5, 5.41) is 6.92. The Hall–Kier alpha value is -2.05. The van der Waals surface area contributed by atoms with Crippen LogP contribution in [0, 0.1) is 0 Å². The molecule has 2 heterocycles. The Balaban J connectivity index is 1.45. The lowest BCUT2D eigenvalue weighted by Crippen LogP contribution is -2.38. The third-order valence-electron chi connectivity index (χ3n) is 4.19. The van der Waals surface area contributed by atoms with E-state index in [1.807, 2.05) is 42.1 Å². The first-order valence-corrected chi connectivity index (χ1v) is 8.13. The van der Waals surface area contributed by atoms with Gasteiger partial charge in [-0.1, -0.05) is 18.2 Å². The molecule has 1 saturated heterocycles. The van der Waals surface area contributed by atoms with Crippen molar-refractivity contribution in [3.8, 4) is 0 Å². The number of nitrogens with zero attached hydrogens (tertiary/aromatic N) is 2. The van der Waals surface area contributed by atoms with Gasteiger partial charge in [-0.25, -0.2) is 4.79 Å². The molecule has 1 aliphatic rings. The molecule has 1 aliphatic heterocycles. The van der Waals surface area contributed by atoms with Gasteiger partial charge in [-0.3, -0.25) is 4.90 Å². The van der Waals surface area contributed by atoms with Gasteiger partial charge in [-0.05, 0) is 19.0 Å². The number of carbonyl (C=O) groups excluding carboxylic acids is 1. The zero-order valence-electron chi connectivity index (χ0n) is 13.5. The number of rotatable bonds is 5. The lowest BCUT2D eigenvalue weighted by Gasteiger charge is -2.26. The van der Waals surface area contributed by atoms with Crippen molar-refractivity contribution in [2.45, 2.75) is 6.42 Å². The fourth-order valence-corrected chi connectivity index (χ4v) is 2.94. The van der Waals surface area contributed by atoms with Crippen LogP contribution >= 0.6 is 0 Å². The summed E-state index contributed by atoms with van der Waals surface area (Å²) in [6.45, 7) is 5.28.